The third-order valence-corrected chi connectivity index (χ3v) is 6.04. The highest BCUT2D eigenvalue weighted by Gasteiger charge is 2.29. The zero-order valence-electron chi connectivity index (χ0n) is 17.1. The average molecular weight is 418 g/mol. The van der Waals surface area contributed by atoms with E-state index in [2.05, 4.69) is 29.0 Å². The fourth-order valence-corrected chi connectivity index (χ4v) is 4.02. The minimum absolute atomic E-state index is 0.0466. The number of ether oxygens (including phenoxy) is 1. The Morgan fingerprint density at radius 2 is 1.93 bits per heavy atom. The lowest BCUT2D eigenvalue weighted by atomic mass is 10.2. The summed E-state index contributed by atoms with van der Waals surface area (Å²) in [6, 6.07) is 9.85. The summed E-state index contributed by atoms with van der Waals surface area (Å²) in [5.41, 5.74) is 1.74. The summed E-state index contributed by atoms with van der Waals surface area (Å²) in [6.45, 7) is 5.48. The third-order valence-electron chi connectivity index (χ3n) is 5.79. The Morgan fingerprint density at radius 1 is 1.21 bits per heavy atom. The fourth-order valence-electron chi connectivity index (χ4n) is 3.89. The molecule has 0 unspecified atom stereocenters. The van der Waals surface area contributed by atoms with Crippen LogP contribution in [0.2, 0.25) is 5.02 Å². The van der Waals surface area contributed by atoms with E-state index in [-0.39, 0.29) is 5.91 Å². The van der Waals surface area contributed by atoms with Crippen LogP contribution in [0.15, 0.2) is 30.3 Å². The van der Waals surface area contributed by atoms with Gasteiger partial charge in [-0.1, -0.05) is 11.6 Å². The lowest BCUT2D eigenvalue weighted by Crippen LogP contribution is -2.49. The molecular weight excluding hydrogens is 390 g/mol. The van der Waals surface area contributed by atoms with Crippen LogP contribution in [-0.4, -0.2) is 89.9 Å². The first kappa shape index (κ1) is 20.2. The smallest absolute Gasteiger partial charge is 0.274 e. The van der Waals surface area contributed by atoms with Crippen molar-refractivity contribution in [3.8, 4) is 5.75 Å². The van der Waals surface area contributed by atoms with Gasteiger partial charge in [0.25, 0.3) is 5.91 Å². The van der Waals surface area contributed by atoms with Gasteiger partial charge in [-0.15, -0.1) is 0 Å². The van der Waals surface area contributed by atoms with Crippen molar-refractivity contribution in [3.05, 3.63) is 46.7 Å². The van der Waals surface area contributed by atoms with Crippen LogP contribution in [0.4, 0.5) is 0 Å². The monoisotopic (exact) mass is 417 g/mol. The summed E-state index contributed by atoms with van der Waals surface area (Å²) < 4.78 is 7.76. The Kier molecular flexibility index (Phi) is 6.08. The van der Waals surface area contributed by atoms with Crippen molar-refractivity contribution in [2.75, 3.05) is 53.4 Å². The van der Waals surface area contributed by atoms with E-state index in [0.29, 0.717) is 23.4 Å². The van der Waals surface area contributed by atoms with E-state index < -0.39 is 0 Å². The number of hydrogen-bond acceptors (Lipinski definition) is 5. The first-order valence-corrected chi connectivity index (χ1v) is 10.5. The molecule has 8 heteroatoms. The van der Waals surface area contributed by atoms with Gasteiger partial charge in [-0.25, -0.2) is 0 Å². The summed E-state index contributed by atoms with van der Waals surface area (Å²) in [7, 11) is 4.17. The van der Waals surface area contributed by atoms with E-state index >= 15 is 0 Å². The summed E-state index contributed by atoms with van der Waals surface area (Å²) in [6.07, 6.45) is 0.953. The van der Waals surface area contributed by atoms with E-state index in [1.807, 2.05) is 39.9 Å². The van der Waals surface area contributed by atoms with Gasteiger partial charge in [-0.2, -0.15) is 5.10 Å². The largest absolute Gasteiger partial charge is 0.492 e. The van der Waals surface area contributed by atoms with Crippen LogP contribution in [0, 0.1) is 0 Å². The predicted octanol–water partition coefficient (Wildman–Crippen LogP) is 1.86. The highest BCUT2D eigenvalue weighted by atomic mass is 35.5. The number of nitrogens with zero attached hydrogens (tertiary/aromatic N) is 5. The molecule has 0 bridgehead atoms. The number of halogens is 1. The Morgan fingerprint density at radius 3 is 2.59 bits per heavy atom. The van der Waals surface area contributed by atoms with Crippen LogP contribution >= 0.6 is 11.6 Å². The van der Waals surface area contributed by atoms with Crippen LogP contribution in [0.3, 0.4) is 0 Å². The molecule has 0 saturated carbocycles. The molecule has 2 aliphatic rings. The maximum atomic E-state index is 12.8. The number of amides is 1. The normalized spacial score (nSPS) is 19.6. The van der Waals surface area contributed by atoms with Crippen molar-refractivity contribution >= 4 is 17.5 Å². The Bertz CT molecular complexity index is 820. The van der Waals surface area contributed by atoms with Crippen LogP contribution in [-0.2, 0) is 13.0 Å². The summed E-state index contributed by atoms with van der Waals surface area (Å²) in [5, 5.41) is 5.27. The Balaban J connectivity index is 1.22. The van der Waals surface area contributed by atoms with Crippen molar-refractivity contribution < 1.29 is 9.53 Å². The number of fused-ring (bicyclic) bond motifs is 1. The molecule has 1 aromatic heterocycles. The number of benzene rings is 1. The Labute approximate surface area is 176 Å². The summed E-state index contributed by atoms with van der Waals surface area (Å²) in [4.78, 5) is 19.3. The van der Waals surface area contributed by atoms with Gasteiger partial charge in [-0.3, -0.25) is 14.4 Å². The molecule has 0 spiro atoms. The van der Waals surface area contributed by atoms with Gasteiger partial charge >= 0.3 is 0 Å². The fraction of sp³-hybridized carbons (Fsp3) is 0.524. The zero-order chi connectivity index (χ0) is 20.4. The molecule has 1 atom stereocenters. The summed E-state index contributed by atoms with van der Waals surface area (Å²) >= 11 is 5.89. The molecule has 1 saturated heterocycles. The van der Waals surface area contributed by atoms with Crippen molar-refractivity contribution in [3.63, 3.8) is 0 Å². The van der Waals surface area contributed by atoms with Crippen LogP contribution in [0.25, 0.3) is 0 Å². The van der Waals surface area contributed by atoms with Gasteiger partial charge < -0.3 is 14.5 Å². The molecule has 4 rings (SSSR count). The molecule has 1 amide bonds. The van der Waals surface area contributed by atoms with Gasteiger partial charge in [0.2, 0.25) is 0 Å². The van der Waals surface area contributed by atoms with E-state index in [4.69, 9.17) is 16.3 Å². The molecule has 3 heterocycles. The van der Waals surface area contributed by atoms with E-state index in [1.165, 1.54) is 0 Å². The lowest BCUT2D eigenvalue weighted by molar-refractivity contribution is 0.0613. The SMILES string of the molecule is CN(C)[C@H]1Cc2cc(C(=O)N3CCN(CCOc4ccc(Cl)cc4)CC3)nn2C1. The standard InChI is InChI=1S/C21H28ClN5O2/c1-24(2)18-13-17-14-20(23-27(17)15-18)21(28)26-9-7-25(8-10-26)11-12-29-19-5-3-16(22)4-6-19/h3-6,14,18H,7-13,15H2,1-2H3/t18-/m0/s1. The average Bonchev–Trinajstić information content (AvgIpc) is 3.29. The number of rotatable bonds is 6. The summed E-state index contributed by atoms with van der Waals surface area (Å²) in [5.74, 6) is 0.873. The maximum absolute atomic E-state index is 12.8. The molecule has 0 N–H and O–H groups in total. The van der Waals surface area contributed by atoms with Gasteiger partial charge in [-0.05, 0) is 44.4 Å². The van der Waals surface area contributed by atoms with Crippen molar-refractivity contribution in [1.82, 2.24) is 24.5 Å². The number of carbonyl (C=O) groups excluding carboxylic acids is 1. The number of aromatic nitrogens is 2. The van der Waals surface area contributed by atoms with Crippen molar-refractivity contribution in [2.24, 2.45) is 0 Å². The molecule has 1 fully saturated rings. The molecule has 2 aliphatic heterocycles. The van der Waals surface area contributed by atoms with Crippen LogP contribution < -0.4 is 4.74 Å². The second-order valence-electron chi connectivity index (χ2n) is 7.96. The topological polar surface area (TPSA) is 53.8 Å². The lowest BCUT2D eigenvalue weighted by Gasteiger charge is -2.34. The van der Waals surface area contributed by atoms with E-state index in [1.54, 1.807) is 0 Å². The van der Waals surface area contributed by atoms with E-state index in [9.17, 15) is 4.79 Å². The maximum Gasteiger partial charge on any atom is 0.274 e. The minimum Gasteiger partial charge on any atom is -0.492 e. The van der Waals surface area contributed by atoms with Gasteiger partial charge in [0.05, 0.1) is 6.54 Å². The Hall–Kier alpha value is -2.09. The predicted molar refractivity (Wildman–Crippen MR) is 113 cm³/mol. The molecule has 29 heavy (non-hydrogen) atoms. The first-order chi connectivity index (χ1) is 14.0. The highest BCUT2D eigenvalue weighted by Crippen LogP contribution is 2.20. The third kappa shape index (κ3) is 4.74. The van der Waals surface area contributed by atoms with Gasteiger partial charge in [0.15, 0.2) is 5.69 Å². The van der Waals surface area contributed by atoms with Crippen LogP contribution in [0.5, 0.6) is 5.75 Å². The first-order valence-electron chi connectivity index (χ1n) is 10.1. The molecule has 0 aliphatic carbocycles. The molecular formula is C21H28ClN5O2. The molecule has 156 valence electrons. The molecule has 2 aromatic rings. The second kappa shape index (κ2) is 8.73. The molecule has 0 radical (unpaired) electrons. The van der Waals surface area contributed by atoms with Gasteiger partial charge in [0, 0.05) is 55.9 Å². The number of carbonyl (C=O) groups is 1. The number of hydrogen-bond donors (Lipinski definition) is 0. The molecule has 7 nitrogen and oxygen atoms in total. The zero-order valence-corrected chi connectivity index (χ0v) is 17.8. The number of piperazine rings is 1. The minimum atomic E-state index is 0.0466. The van der Waals surface area contributed by atoms with Crippen molar-refractivity contribution in [1.29, 1.82) is 0 Å². The van der Waals surface area contributed by atoms with Gasteiger partial charge in [0.1, 0.15) is 12.4 Å². The van der Waals surface area contributed by atoms with Crippen LogP contribution in [0.1, 0.15) is 16.2 Å². The number of likely N-dealkylation sites (N-methyl/N-ethyl adjacent to an activating group) is 1. The van der Waals surface area contributed by atoms with Crippen molar-refractivity contribution in [2.45, 2.75) is 19.0 Å². The van der Waals surface area contributed by atoms with E-state index in [0.717, 1.165) is 57.1 Å². The molecule has 1 aromatic carbocycles. The quantitative estimate of drug-likeness (QED) is 0.718. The highest BCUT2D eigenvalue weighted by molar-refractivity contribution is 6.30. The second-order valence-corrected chi connectivity index (χ2v) is 8.40.